The summed E-state index contributed by atoms with van der Waals surface area (Å²) in [5, 5.41) is 9.62. The van der Waals surface area contributed by atoms with Crippen molar-refractivity contribution in [2.45, 2.75) is 18.0 Å². The Morgan fingerprint density at radius 1 is 1.24 bits per heavy atom. The van der Waals surface area contributed by atoms with Gasteiger partial charge >= 0.3 is 5.56 Å². The van der Waals surface area contributed by atoms with Gasteiger partial charge in [-0.25, -0.2) is 0 Å². The van der Waals surface area contributed by atoms with E-state index in [1.54, 1.807) is 34.5 Å². The highest BCUT2D eigenvalue weighted by Crippen LogP contribution is 2.24. The molecule has 8 heteroatoms. The third-order valence-electron chi connectivity index (χ3n) is 4.31. The molecule has 1 aliphatic rings. The van der Waals surface area contributed by atoms with Crippen LogP contribution in [0.15, 0.2) is 46.6 Å². The third kappa shape index (κ3) is 3.44. The fourth-order valence-corrected chi connectivity index (χ4v) is 4.19. The standard InChI is InChI=1S/C17H17ClN4O2S/c18-13-2-1-3-14(10-13)21-6-7-22-15(16(21)23)19-20-17(22)25-11-12-4-8-24-9-5-12/h1-3,6-7,10,12H,4-5,8-9,11H2. The highest BCUT2D eigenvalue weighted by molar-refractivity contribution is 7.99. The van der Waals surface area contributed by atoms with Crippen LogP contribution in [0.5, 0.6) is 0 Å². The predicted octanol–water partition coefficient (Wildman–Crippen LogP) is 3.05. The van der Waals surface area contributed by atoms with Crippen molar-refractivity contribution in [2.75, 3.05) is 19.0 Å². The average Bonchev–Trinajstić information content (AvgIpc) is 3.05. The lowest BCUT2D eigenvalue weighted by molar-refractivity contribution is 0.0728. The molecule has 25 heavy (non-hydrogen) atoms. The Bertz CT molecular complexity index is 949. The summed E-state index contributed by atoms with van der Waals surface area (Å²) in [5.74, 6) is 1.58. The molecule has 3 aromatic rings. The fraction of sp³-hybridized carbons (Fsp3) is 0.353. The molecule has 0 N–H and O–H groups in total. The smallest absolute Gasteiger partial charge is 0.300 e. The van der Waals surface area contributed by atoms with E-state index in [-0.39, 0.29) is 5.56 Å². The molecule has 3 heterocycles. The van der Waals surface area contributed by atoms with E-state index in [2.05, 4.69) is 10.2 Å². The van der Waals surface area contributed by atoms with Crippen LogP contribution in [-0.2, 0) is 4.74 Å². The number of thioether (sulfide) groups is 1. The molecule has 0 bridgehead atoms. The van der Waals surface area contributed by atoms with E-state index in [0.717, 1.165) is 37.0 Å². The maximum atomic E-state index is 12.7. The van der Waals surface area contributed by atoms with Gasteiger partial charge in [0.05, 0.1) is 5.69 Å². The zero-order chi connectivity index (χ0) is 17.2. The number of aromatic nitrogens is 4. The average molecular weight is 377 g/mol. The van der Waals surface area contributed by atoms with Gasteiger partial charge in [0.15, 0.2) is 5.16 Å². The molecule has 0 aliphatic carbocycles. The molecule has 6 nitrogen and oxygen atoms in total. The van der Waals surface area contributed by atoms with Crippen molar-refractivity contribution in [3.05, 3.63) is 52.0 Å². The Morgan fingerprint density at radius 2 is 2.08 bits per heavy atom. The number of rotatable bonds is 4. The van der Waals surface area contributed by atoms with Crippen molar-refractivity contribution in [3.8, 4) is 5.69 Å². The van der Waals surface area contributed by atoms with Crippen LogP contribution in [0, 0.1) is 5.92 Å². The monoisotopic (exact) mass is 376 g/mol. The maximum Gasteiger partial charge on any atom is 0.300 e. The number of hydrogen-bond acceptors (Lipinski definition) is 5. The van der Waals surface area contributed by atoms with Crippen LogP contribution in [0.4, 0.5) is 0 Å². The molecule has 1 fully saturated rings. The summed E-state index contributed by atoms with van der Waals surface area (Å²) in [6.07, 6.45) is 5.70. The zero-order valence-corrected chi connectivity index (χ0v) is 15.0. The summed E-state index contributed by atoms with van der Waals surface area (Å²) in [6.45, 7) is 1.66. The quantitative estimate of drug-likeness (QED) is 0.655. The van der Waals surface area contributed by atoms with Crippen molar-refractivity contribution >= 4 is 29.0 Å². The van der Waals surface area contributed by atoms with Gasteiger partial charge in [-0.1, -0.05) is 29.4 Å². The second-order valence-electron chi connectivity index (χ2n) is 6.00. The number of benzene rings is 1. The van der Waals surface area contributed by atoms with E-state index in [1.807, 2.05) is 18.3 Å². The third-order valence-corrected chi connectivity index (χ3v) is 5.72. The summed E-state index contributed by atoms with van der Waals surface area (Å²) in [4.78, 5) is 12.7. The lowest BCUT2D eigenvalue weighted by Crippen LogP contribution is -2.20. The summed E-state index contributed by atoms with van der Waals surface area (Å²) in [6, 6.07) is 7.17. The van der Waals surface area contributed by atoms with Crippen molar-refractivity contribution in [1.82, 2.24) is 19.2 Å². The van der Waals surface area contributed by atoms with E-state index < -0.39 is 0 Å². The Balaban J connectivity index is 1.62. The molecule has 0 atom stereocenters. The zero-order valence-electron chi connectivity index (χ0n) is 13.5. The molecule has 130 valence electrons. The molecule has 2 aromatic heterocycles. The highest BCUT2D eigenvalue weighted by Gasteiger charge is 2.17. The van der Waals surface area contributed by atoms with Gasteiger partial charge in [-0.2, -0.15) is 0 Å². The molecule has 0 unspecified atom stereocenters. The number of halogens is 1. The van der Waals surface area contributed by atoms with Crippen molar-refractivity contribution < 1.29 is 4.74 Å². The van der Waals surface area contributed by atoms with Gasteiger partial charge in [-0.15, -0.1) is 10.2 Å². The van der Waals surface area contributed by atoms with Gasteiger partial charge in [0.1, 0.15) is 0 Å². The van der Waals surface area contributed by atoms with E-state index in [0.29, 0.717) is 22.3 Å². The lowest BCUT2D eigenvalue weighted by Gasteiger charge is -2.20. The molecule has 1 saturated heterocycles. The molecular formula is C17H17ClN4O2S. The Kier molecular flexibility index (Phi) is 4.78. The second kappa shape index (κ2) is 7.19. The van der Waals surface area contributed by atoms with Gasteiger partial charge in [-0.3, -0.25) is 13.8 Å². The van der Waals surface area contributed by atoms with Gasteiger partial charge in [0.25, 0.3) is 0 Å². The van der Waals surface area contributed by atoms with Crippen molar-refractivity contribution in [3.63, 3.8) is 0 Å². The highest BCUT2D eigenvalue weighted by atomic mass is 35.5. The normalized spacial score (nSPS) is 15.7. The first-order chi connectivity index (χ1) is 12.2. The van der Waals surface area contributed by atoms with Crippen LogP contribution in [-0.4, -0.2) is 38.1 Å². The molecular weight excluding hydrogens is 360 g/mol. The molecule has 0 spiro atoms. The minimum atomic E-state index is -0.213. The second-order valence-corrected chi connectivity index (χ2v) is 7.42. The van der Waals surface area contributed by atoms with Crippen molar-refractivity contribution in [1.29, 1.82) is 0 Å². The number of nitrogens with zero attached hydrogens (tertiary/aromatic N) is 4. The Labute approximate surface area is 153 Å². The number of hydrogen-bond donors (Lipinski definition) is 0. The van der Waals surface area contributed by atoms with E-state index in [9.17, 15) is 4.79 Å². The van der Waals surface area contributed by atoms with Crippen LogP contribution < -0.4 is 5.56 Å². The SMILES string of the molecule is O=c1c2nnc(SCC3CCOCC3)n2ccn1-c1cccc(Cl)c1. The maximum absolute atomic E-state index is 12.7. The predicted molar refractivity (Wildman–Crippen MR) is 97.9 cm³/mol. The van der Waals surface area contributed by atoms with Gasteiger partial charge in [0, 0.05) is 36.4 Å². The van der Waals surface area contributed by atoms with Gasteiger partial charge in [-0.05, 0) is 37.0 Å². The first-order valence-electron chi connectivity index (χ1n) is 8.15. The van der Waals surface area contributed by atoms with Gasteiger partial charge < -0.3 is 4.74 Å². The molecule has 0 radical (unpaired) electrons. The van der Waals surface area contributed by atoms with E-state index >= 15 is 0 Å². The summed E-state index contributed by atoms with van der Waals surface area (Å²) < 4.78 is 8.68. The summed E-state index contributed by atoms with van der Waals surface area (Å²) in [7, 11) is 0. The van der Waals surface area contributed by atoms with Crippen molar-refractivity contribution in [2.24, 2.45) is 5.92 Å². The van der Waals surface area contributed by atoms with Crippen LogP contribution in [0.1, 0.15) is 12.8 Å². The molecule has 0 saturated carbocycles. The van der Waals surface area contributed by atoms with Gasteiger partial charge in [0.2, 0.25) is 5.65 Å². The fourth-order valence-electron chi connectivity index (χ4n) is 2.90. The van der Waals surface area contributed by atoms with E-state index in [4.69, 9.17) is 16.3 Å². The topological polar surface area (TPSA) is 61.4 Å². The van der Waals surface area contributed by atoms with Crippen LogP contribution in [0.2, 0.25) is 5.02 Å². The first kappa shape index (κ1) is 16.6. The molecule has 1 aromatic carbocycles. The lowest BCUT2D eigenvalue weighted by atomic mass is 10.0. The van der Waals surface area contributed by atoms with Crippen LogP contribution >= 0.6 is 23.4 Å². The summed E-state index contributed by atoms with van der Waals surface area (Å²) in [5.41, 5.74) is 0.812. The number of fused-ring (bicyclic) bond motifs is 1. The van der Waals surface area contributed by atoms with Crippen LogP contribution in [0.3, 0.4) is 0 Å². The first-order valence-corrected chi connectivity index (χ1v) is 9.51. The minimum absolute atomic E-state index is 0.213. The molecule has 1 aliphatic heterocycles. The number of ether oxygens (including phenoxy) is 1. The molecule has 0 amide bonds. The minimum Gasteiger partial charge on any atom is -0.381 e. The Hall–Kier alpha value is -1.83. The Morgan fingerprint density at radius 3 is 2.88 bits per heavy atom. The molecule has 4 rings (SSSR count). The van der Waals surface area contributed by atoms with E-state index in [1.165, 1.54) is 4.57 Å². The van der Waals surface area contributed by atoms with Crippen LogP contribution in [0.25, 0.3) is 11.3 Å². The largest absolute Gasteiger partial charge is 0.381 e. The summed E-state index contributed by atoms with van der Waals surface area (Å²) >= 11 is 7.66.